The average molecular weight is 480 g/mol. The lowest BCUT2D eigenvalue weighted by Gasteiger charge is -2.11. The summed E-state index contributed by atoms with van der Waals surface area (Å²) in [6, 6.07) is 13.3. The summed E-state index contributed by atoms with van der Waals surface area (Å²) in [6.07, 6.45) is 2.89. The fraction of sp³-hybridized carbons (Fsp3) is 0.208. The zero-order chi connectivity index (χ0) is 24.3. The van der Waals surface area contributed by atoms with E-state index in [2.05, 4.69) is 20.0 Å². The second-order valence-corrected chi connectivity index (χ2v) is 9.17. The van der Waals surface area contributed by atoms with E-state index < -0.39 is 10.0 Å². The molecule has 34 heavy (non-hydrogen) atoms. The van der Waals surface area contributed by atoms with Crippen LogP contribution in [0.2, 0.25) is 0 Å². The van der Waals surface area contributed by atoms with Crippen molar-refractivity contribution in [2.24, 2.45) is 0 Å². The summed E-state index contributed by atoms with van der Waals surface area (Å²) in [5.41, 5.74) is 2.82. The summed E-state index contributed by atoms with van der Waals surface area (Å²) < 4.78 is 35.0. The van der Waals surface area contributed by atoms with Gasteiger partial charge >= 0.3 is 0 Å². The first-order valence-electron chi connectivity index (χ1n) is 10.8. The van der Waals surface area contributed by atoms with E-state index in [4.69, 9.17) is 4.74 Å². The van der Waals surface area contributed by atoms with E-state index in [0.29, 0.717) is 24.5 Å². The van der Waals surface area contributed by atoms with Crippen molar-refractivity contribution in [3.8, 4) is 5.75 Å². The standard InChI is InChI=1S/C24H25N5O4S/c1-4-29-21-12-9-18(33-5-2)15-20(21)16(3)22(29)23(30)27-17-7-10-19(11-8-17)34(31,32)28-24-25-13-6-14-26-24/h6-15H,4-5H2,1-3H3,(H,27,30)(H,25,26,28). The molecular formula is C24H25N5O4S. The number of benzene rings is 2. The molecule has 176 valence electrons. The Labute approximate surface area is 197 Å². The summed E-state index contributed by atoms with van der Waals surface area (Å²) in [5.74, 6) is 0.458. The number of hydrogen-bond acceptors (Lipinski definition) is 6. The van der Waals surface area contributed by atoms with Gasteiger partial charge in [0.25, 0.3) is 15.9 Å². The lowest BCUT2D eigenvalue weighted by molar-refractivity contribution is 0.101. The number of aromatic nitrogens is 3. The van der Waals surface area contributed by atoms with E-state index in [1.807, 2.05) is 43.5 Å². The van der Waals surface area contributed by atoms with Gasteiger partial charge in [-0.3, -0.25) is 4.79 Å². The minimum absolute atomic E-state index is 0.0183. The van der Waals surface area contributed by atoms with Crippen molar-refractivity contribution in [2.45, 2.75) is 32.2 Å². The molecule has 2 heterocycles. The van der Waals surface area contributed by atoms with E-state index in [-0.39, 0.29) is 16.8 Å². The Morgan fingerprint density at radius 2 is 1.76 bits per heavy atom. The van der Waals surface area contributed by atoms with Gasteiger partial charge in [0.2, 0.25) is 5.95 Å². The monoisotopic (exact) mass is 479 g/mol. The van der Waals surface area contributed by atoms with E-state index >= 15 is 0 Å². The predicted molar refractivity (Wildman–Crippen MR) is 131 cm³/mol. The van der Waals surface area contributed by atoms with E-state index in [1.54, 1.807) is 18.2 Å². The fourth-order valence-corrected chi connectivity index (χ4v) is 4.78. The van der Waals surface area contributed by atoms with Crippen LogP contribution < -0.4 is 14.8 Å². The number of hydrogen-bond donors (Lipinski definition) is 2. The molecule has 1 amide bonds. The quantitative estimate of drug-likeness (QED) is 0.391. The van der Waals surface area contributed by atoms with Crippen molar-refractivity contribution in [3.05, 3.63) is 72.2 Å². The van der Waals surface area contributed by atoms with Crippen LogP contribution in [0.4, 0.5) is 11.6 Å². The molecule has 0 fully saturated rings. The van der Waals surface area contributed by atoms with Crippen LogP contribution in [0.1, 0.15) is 29.9 Å². The van der Waals surface area contributed by atoms with Crippen LogP contribution in [0.25, 0.3) is 10.9 Å². The Kier molecular flexibility index (Phi) is 6.51. The third-order valence-corrected chi connectivity index (χ3v) is 6.69. The number of aryl methyl sites for hydroxylation is 2. The Balaban J connectivity index is 1.58. The van der Waals surface area contributed by atoms with Gasteiger partial charge < -0.3 is 14.6 Å². The number of amides is 1. The lowest BCUT2D eigenvalue weighted by Crippen LogP contribution is -2.18. The zero-order valence-electron chi connectivity index (χ0n) is 19.1. The minimum Gasteiger partial charge on any atom is -0.494 e. The number of nitrogens with zero attached hydrogens (tertiary/aromatic N) is 3. The van der Waals surface area contributed by atoms with Crippen LogP contribution >= 0.6 is 0 Å². The first-order valence-corrected chi connectivity index (χ1v) is 12.3. The van der Waals surface area contributed by atoms with Gasteiger partial charge in [0.15, 0.2) is 0 Å². The molecule has 0 aliphatic rings. The van der Waals surface area contributed by atoms with Gasteiger partial charge in [-0.05, 0) is 74.9 Å². The molecule has 0 aliphatic heterocycles. The predicted octanol–water partition coefficient (Wildman–Crippen LogP) is 4.21. The second-order valence-electron chi connectivity index (χ2n) is 7.49. The molecule has 2 aromatic heterocycles. The number of anilines is 2. The van der Waals surface area contributed by atoms with Crippen LogP contribution in [-0.4, -0.2) is 35.5 Å². The number of carbonyl (C=O) groups is 1. The van der Waals surface area contributed by atoms with Gasteiger partial charge in [0, 0.05) is 35.5 Å². The Morgan fingerprint density at radius 3 is 2.41 bits per heavy atom. The molecule has 0 bridgehead atoms. The highest BCUT2D eigenvalue weighted by Crippen LogP contribution is 2.30. The zero-order valence-corrected chi connectivity index (χ0v) is 19.9. The number of sulfonamides is 1. The SMILES string of the molecule is CCOc1ccc2c(c1)c(C)c(C(=O)Nc1ccc(S(=O)(=O)Nc3ncccn3)cc1)n2CC. The van der Waals surface area contributed by atoms with Crippen molar-refractivity contribution in [2.75, 3.05) is 16.6 Å². The van der Waals surface area contributed by atoms with Crippen LogP contribution in [0, 0.1) is 6.92 Å². The van der Waals surface area contributed by atoms with Crippen molar-refractivity contribution < 1.29 is 17.9 Å². The van der Waals surface area contributed by atoms with Gasteiger partial charge in [-0.2, -0.15) is 0 Å². The molecule has 0 aliphatic carbocycles. The van der Waals surface area contributed by atoms with Gasteiger partial charge in [-0.1, -0.05) is 0 Å². The Morgan fingerprint density at radius 1 is 1.06 bits per heavy atom. The summed E-state index contributed by atoms with van der Waals surface area (Å²) in [6.45, 7) is 6.99. The summed E-state index contributed by atoms with van der Waals surface area (Å²) >= 11 is 0. The molecule has 0 unspecified atom stereocenters. The van der Waals surface area contributed by atoms with Crippen molar-refractivity contribution in [1.82, 2.24) is 14.5 Å². The molecule has 9 nitrogen and oxygen atoms in total. The Hall–Kier alpha value is -3.92. The molecule has 2 N–H and O–H groups in total. The molecule has 0 radical (unpaired) electrons. The largest absolute Gasteiger partial charge is 0.494 e. The van der Waals surface area contributed by atoms with Crippen molar-refractivity contribution in [3.63, 3.8) is 0 Å². The van der Waals surface area contributed by atoms with Crippen LogP contribution in [0.15, 0.2) is 65.8 Å². The first kappa shape index (κ1) is 23.2. The highest BCUT2D eigenvalue weighted by atomic mass is 32.2. The number of ether oxygens (including phenoxy) is 1. The molecule has 4 rings (SSSR count). The number of nitrogens with one attached hydrogen (secondary N) is 2. The van der Waals surface area contributed by atoms with Crippen LogP contribution in [-0.2, 0) is 16.6 Å². The van der Waals surface area contributed by atoms with E-state index in [1.165, 1.54) is 24.5 Å². The summed E-state index contributed by atoms with van der Waals surface area (Å²) in [5, 5.41) is 3.82. The van der Waals surface area contributed by atoms with Crippen LogP contribution in [0.3, 0.4) is 0 Å². The topological polar surface area (TPSA) is 115 Å². The molecule has 0 saturated carbocycles. The molecule has 0 spiro atoms. The highest BCUT2D eigenvalue weighted by molar-refractivity contribution is 7.92. The molecule has 4 aromatic rings. The smallest absolute Gasteiger partial charge is 0.272 e. The second kappa shape index (κ2) is 9.52. The summed E-state index contributed by atoms with van der Waals surface area (Å²) in [7, 11) is -3.86. The van der Waals surface area contributed by atoms with Gasteiger partial charge in [-0.25, -0.2) is 23.1 Å². The molecular weight excluding hydrogens is 454 g/mol. The van der Waals surface area contributed by atoms with Crippen molar-refractivity contribution >= 4 is 38.5 Å². The maximum atomic E-state index is 13.2. The maximum absolute atomic E-state index is 13.2. The number of rotatable bonds is 8. The molecule has 0 atom stereocenters. The van der Waals surface area contributed by atoms with Crippen molar-refractivity contribution in [1.29, 1.82) is 0 Å². The number of fused-ring (bicyclic) bond motifs is 1. The molecule has 10 heteroatoms. The average Bonchev–Trinajstić information content (AvgIpc) is 3.11. The van der Waals surface area contributed by atoms with Gasteiger partial charge in [0.1, 0.15) is 11.4 Å². The maximum Gasteiger partial charge on any atom is 0.272 e. The minimum atomic E-state index is -3.86. The Bertz CT molecular complexity index is 1430. The van der Waals surface area contributed by atoms with Gasteiger partial charge in [-0.15, -0.1) is 0 Å². The van der Waals surface area contributed by atoms with Gasteiger partial charge in [0.05, 0.1) is 11.5 Å². The third-order valence-electron chi connectivity index (χ3n) is 5.34. The van der Waals surface area contributed by atoms with E-state index in [0.717, 1.165) is 22.2 Å². The first-order chi connectivity index (χ1) is 16.3. The highest BCUT2D eigenvalue weighted by Gasteiger charge is 2.21. The molecule has 0 saturated heterocycles. The van der Waals surface area contributed by atoms with Crippen LogP contribution in [0.5, 0.6) is 5.75 Å². The number of carbonyl (C=O) groups excluding carboxylic acids is 1. The molecule has 2 aromatic carbocycles. The lowest BCUT2D eigenvalue weighted by atomic mass is 10.1. The van der Waals surface area contributed by atoms with E-state index in [9.17, 15) is 13.2 Å². The fourth-order valence-electron chi connectivity index (χ4n) is 3.82. The summed E-state index contributed by atoms with van der Waals surface area (Å²) in [4.78, 5) is 21.0. The normalized spacial score (nSPS) is 11.4. The third kappa shape index (κ3) is 4.58.